The third-order valence-corrected chi connectivity index (χ3v) is 4.34. The zero-order valence-electron chi connectivity index (χ0n) is 10.3. The second-order valence-electron chi connectivity index (χ2n) is 2.47. The summed E-state index contributed by atoms with van der Waals surface area (Å²) < 4.78 is 68.4. The van der Waals surface area contributed by atoms with Crippen LogP contribution < -0.4 is 18.9 Å². The van der Waals surface area contributed by atoms with Gasteiger partial charge in [-0.3, -0.25) is 4.10 Å². The summed E-state index contributed by atoms with van der Waals surface area (Å²) in [4.78, 5) is 20.2. The van der Waals surface area contributed by atoms with Gasteiger partial charge in [-0.2, -0.15) is 25.6 Å². The third kappa shape index (κ3) is 4.66. The third-order valence-electron chi connectivity index (χ3n) is 1.15. The van der Waals surface area contributed by atoms with Crippen LogP contribution in [0.15, 0.2) is 0 Å². The van der Waals surface area contributed by atoms with E-state index in [-0.39, 0.29) is 20.3 Å². The predicted molar refractivity (Wildman–Crippen MR) is 48.9 cm³/mol. The molecule has 17 heteroatoms. The maximum atomic E-state index is 13.0. The maximum absolute atomic E-state index is 13.0. The largest absolute Gasteiger partial charge is 1.00 e. The molecule has 0 heterocycles. The molecule has 0 saturated carbocycles. The Morgan fingerprint density at radius 1 is 1.10 bits per heavy atom. The fourth-order valence-corrected chi connectivity index (χ4v) is 2.40. The first-order valence-electron chi connectivity index (χ1n) is 3.62. The molecule has 20 heavy (non-hydrogen) atoms. The van der Waals surface area contributed by atoms with Crippen molar-refractivity contribution in [2.24, 2.45) is 0 Å². The van der Waals surface area contributed by atoms with Gasteiger partial charge in [0.2, 0.25) is 0 Å². The van der Waals surface area contributed by atoms with Gasteiger partial charge in [0.25, 0.3) is 0 Å². The normalized spacial score (nSPS) is 12.2. The van der Waals surface area contributed by atoms with Gasteiger partial charge in [0.15, 0.2) is 0 Å². The van der Waals surface area contributed by atoms with E-state index in [0.717, 1.165) is 0 Å². The summed E-state index contributed by atoms with van der Waals surface area (Å²) in [6.45, 7) is 0. The van der Waals surface area contributed by atoms with Gasteiger partial charge in [-0.05, 0) is 0 Å². The van der Waals surface area contributed by atoms with Gasteiger partial charge < -0.3 is 20.8 Å². The first kappa shape index (κ1) is 21.5. The van der Waals surface area contributed by atoms with Gasteiger partial charge in [0, 0.05) is 0 Å². The number of carboxylic acids is 1. The molecule has 0 amide bonds. The molecule has 0 fully saturated rings. The van der Waals surface area contributed by atoms with Gasteiger partial charge in [-0.15, -0.1) is 0 Å². The molecule has 0 aromatic carbocycles. The summed E-state index contributed by atoms with van der Waals surface area (Å²) >= 11 is 0. The summed E-state index contributed by atoms with van der Waals surface area (Å²) in [6.07, 6.45) is 0. The molecule has 3 N–H and O–H groups in total. The van der Waals surface area contributed by atoms with Gasteiger partial charge in [0.05, 0.1) is 0 Å². The van der Waals surface area contributed by atoms with Gasteiger partial charge in [-0.1, -0.05) is 0 Å². The Morgan fingerprint density at radius 3 is 1.80 bits per heavy atom. The molecule has 0 aliphatic heterocycles. The van der Waals surface area contributed by atoms with Gasteiger partial charge in [-0.25, -0.2) is 9.59 Å². The zero-order chi connectivity index (χ0) is 15.6. The Labute approximate surface area is 123 Å². The van der Waals surface area contributed by atoms with Crippen molar-refractivity contribution in [1.82, 2.24) is 0 Å². The van der Waals surface area contributed by atoms with Crippen molar-refractivity contribution in [2.75, 3.05) is 0 Å². The fraction of sp³-hybridized carbons (Fsp3) is 0.333. The smallest absolute Gasteiger partial charge is 1.00 e. The Balaban J connectivity index is -0.00000162. The van der Waals surface area contributed by atoms with Crippen LogP contribution >= 0.6 is 0 Å². The summed E-state index contributed by atoms with van der Waals surface area (Å²) in [5, 5.41) is 23.9. The number of aliphatic carboxylic acids is 1. The van der Waals surface area contributed by atoms with Crippen LogP contribution in [0.4, 0.5) is 8.78 Å². The second kappa shape index (κ2) is 6.80. The van der Waals surface area contributed by atoms with Crippen LogP contribution in [-0.4, -0.2) is 55.8 Å². The number of carbonyl (C=O) groups is 2. The number of hydrogen-bond acceptors (Lipinski definition) is 10. The van der Waals surface area contributed by atoms with E-state index in [4.69, 9.17) is 15.2 Å². The minimum atomic E-state index is -6.61. The minimum absolute atomic E-state index is 0. The summed E-state index contributed by atoms with van der Waals surface area (Å²) in [6, 6.07) is 0. The average Bonchev–Trinajstić information content (AvgIpc) is 2.13. The molecule has 0 saturated heterocycles. The Hall–Kier alpha value is -0.758. The van der Waals surface area contributed by atoms with Crippen molar-refractivity contribution in [2.45, 2.75) is 4.59 Å². The fourth-order valence-electron chi connectivity index (χ4n) is 0.478. The minimum Gasteiger partial charge on any atom is -1.00 e. The number of carboxylic acid groups (broad SMARTS) is 1. The number of alkyl halides is 2. The molecule has 11 nitrogen and oxygen atoms in total. The quantitative estimate of drug-likeness (QED) is 0.247. The number of rotatable bonds is 5. The van der Waals surface area contributed by atoms with Crippen molar-refractivity contribution < 1.29 is 78.9 Å². The molecule has 0 rings (SSSR count). The second-order valence-corrected chi connectivity index (χ2v) is 5.93. The molecule has 0 aliphatic carbocycles. The van der Waals surface area contributed by atoms with Crippen LogP contribution in [0, 0.1) is 0 Å². The van der Waals surface area contributed by atoms with E-state index in [1.807, 2.05) is 0 Å². The first-order chi connectivity index (χ1) is 8.24. The predicted octanol–water partition coefficient (Wildman–Crippen LogP) is -6.07. The Morgan fingerprint density at radius 2 is 1.50 bits per heavy atom. The van der Waals surface area contributed by atoms with Crippen molar-refractivity contribution in [3.05, 3.63) is 0 Å². The number of halogens is 2. The van der Waals surface area contributed by atoms with E-state index >= 15 is 0 Å². The zero-order valence-corrected chi connectivity index (χ0v) is 10.9. The summed E-state index contributed by atoms with van der Waals surface area (Å²) in [5.41, 5.74) is 0. The van der Waals surface area contributed by atoms with Crippen LogP contribution in [0.5, 0.6) is 0 Å². The van der Waals surface area contributed by atoms with E-state index in [1.165, 1.54) is 0 Å². The molecular weight excluding hydrogens is 332 g/mol. The van der Waals surface area contributed by atoms with Crippen LogP contribution in [0.2, 0.25) is 0 Å². The van der Waals surface area contributed by atoms with E-state index in [2.05, 4.69) is 8.28 Å². The van der Waals surface area contributed by atoms with E-state index < -0.39 is 44.1 Å². The molecule has 0 bridgehead atoms. The SMILES string of the molecule is O=C(O)C(=O)OS(=O)(=O)C(F)(F)S(=O)(=O)OB(O)O.[H-].[Li+]. The molecular formula is C3H4BF2LiO11S2. The van der Waals surface area contributed by atoms with E-state index in [0.29, 0.717) is 0 Å². The molecule has 112 valence electrons. The topological polar surface area (TPSA) is 182 Å². The first-order valence-corrected chi connectivity index (χ1v) is 6.44. The van der Waals surface area contributed by atoms with Crippen LogP contribution in [-0.2, 0) is 38.1 Å². The summed E-state index contributed by atoms with van der Waals surface area (Å²) in [5.74, 6) is -5.31. The van der Waals surface area contributed by atoms with Gasteiger partial charge >= 0.3 is 62.9 Å². The molecule has 0 radical (unpaired) electrons. The van der Waals surface area contributed by atoms with E-state index in [9.17, 15) is 35.2 Å². The summed E-state index contributed by atoms with van der Waals surface area (Å²) in [7, 11) is -16.4. The maximum Gasteiger partial charge on any atom is 1.00 e. The molecule has 0 aromatic heterocycles. The van der Waals surface area contributed by atoms with Crippen LogP contribution in [0.1, 0.15) is 1.43 Å². The Kier molecular flexibility index (Phi) is 7.32. The molecule has 0 aliphatic rings. The number of carbonyl (C=O) groups excluding carboxylic acids is 1. The van der Waals surface area contributed by atoms with Crippen LogP contribution in [0.3, 0.4) is 0 Å². The molecule has 0 unspecified atom stereocenters. The average molecular weight is 336 g/mol. The Bertz CT molecular complexity index is 587. The monoisotopic (exact) mass is 336 g/mol. The van der Waals surface area contributed by atoms with Crippen molar-refractivity contribution in [1.29, 1.82) is 0 Å². The standard InChI is InChI=1S/C3H3BF2O11S2.Li.H/c5-3(6,19(14,15)17-4(10)11)18(12,13)16-2(9)1(7)8;;/h10-11H,(H,7,8);;/q;+1;-1. The molecule has 0 atom stereocenters. The van der Waals surface area contributed by atoms with Crippen molar-refractivity contribution in [3.8, 4) is 0 Å². The molecule has 0 spiro atoms. The van der Waals surface area contributed by atoms with Crippen LogP contribution in [0.25, 0.3) is 0 Å². The van der Waals surface area contributed by atoms with Crippen molar-refractivity contribution in [3.63, 3.8) is 0 Å². The molecule has 0 aromatic rings. The van der Waals surface area contributed by atoms with Gasteiger partial charge in [0.1, 0.15) is 0 Å². The van der Waals surface area contributed by atoms with E-state index in [1.54, 1.807) is 0 Å². The van der Waals surface area contributed by atoms with Crippen molar-refractivity contribution >= 4 is 39.5 Å². The number of hydrogen-bond donors (Lipinski definition) is 3.